The molecule has 0 aliphatic rings. The van der Waals surface area contributed by atoms with Crippen LogP contribution in [0.4, 0.5) is 0 Å². The van der Waals surface area contributed by atoms with Gasteiger partial charge in [-0.1, -0.05) is 121 Å². The van der Waals surface area contributed by atoms with Gasteiger partial charge in [0.2, 0.25) is 0 Å². The van der Waals surface area contributed by atoms with Gasteiger partial charge in [-0.05, 0) is 82.9 Å². The van der Waals surface area contributed by atoms with Crippen molar-refractivity contribution in [2.24, 2.45) is 0 Å². The van der Waals surface area contributed by atoms with E-state index in [1.165, 1.54) is 17.2 Å². The van der Waals surface area contributed by atoms with Gasteiger partial charge in [0.05, 0.1) is 0 Å². The summed E-state index contributed by atoms with van der Waals surface area (Å²) in [6.07, 6.45) is 6.26. The summed E-state index contributed by atoms with van der Waals surface area (Å²) in [6, 6.07) is 8.77. The monoisotopic (exact) mass is 564 g/mol. The van der Waals surface area contributed by atoms with Crippen LogP contribution < -0.4 is 4.74 Å². The van der Waals surface area contributed by atoms with Crippen LogP contribution in [0, 0.1) is 6.92 Å². The molecule has 0 saturated heterocycles. The molecule has 0 amide bonds. The molecule has 0 unspecified atom stereocenters. The zero-order valence-corrected chi connectivity index (χ0v) is 28.9. The van der Waals surface area contributed by atoms with E-state index in [0.717, 1.165) is 54.4 Å². The van der Waals surface area contributed by atoms with Crippen molar-refractivity contribution in [2.45, 2.75) is 151 Å². The van der Waals surface area contributed by atoms with Crippen molar-refractivity contribution in [3.8, 4) is 11.5 Å². The lowest BCUT2D eigenvalue weighted by atomic mass is 9.75. The van der Waals surface area contributed by atoms with Crippen LogP contribution in [0.15, 0.2) is 36.9 Å². The Morgan fingerprint density at radius 3 is 1.56 bits per heavy atom. The molecule has 0 aromatic heterocycles. The minimum Gasteiger partial charge on any atom is -0.507 e. The standard InChI is InChI=1S/C20H30O2.C18H30O/c1-9-17(21)22-18-14(4)12-15(19(5,6)10-2)13-16(18)20(7,8)11-3;1-8-13-11-14(17(4,5)9-2)12-15(16(13)19)18(6,7)10-3/h9,12-13H,1,10-11H2,2-8H3;11-12,19H,8-10H2,1-7H3. The first-order chi connectivity index (χ1) is 18.8. The van der Waals surface area contributed by atoms with Crippen molar-refractivity contribution >= 4 is 5.97 Å². The van der Waals surface area contributed by atoms with Gasteiger partial charge in [0.15, 0.2) is 0 Å². The number of hydrogen-bond donors (Lipinski definition) is 1. The average molecular weight is 565 g/mol. The Labute approximate surface area is 252 Å². The second-order valence-corrected chi connectivity index (χ2v) is 14.1. The third-order valence-electron chi connectivity index (χ3n) is 9.77. The number of rotatable bonds is 11. The lowest BCUT2D eigenvalue weighted by molar-refractivity contribution is -0.129. The molecule has 3 heteroatoms. The van der Waals surface area contributed by atoms with E-state index < -0.39 is 5.97 Å². The van der Waals surface area contributed by atoms with E-state index in [2.05, 4.69) is 121 Å². The lowest BCUT2D eigenvalue weighted by Gasteiger charge is -2.31. The summed E-state index contributed by atoms with van der Waals surface area (Å²) in [5.74, 6) is 0.788. The van der Waals surface area contributed by atoms with Crippen molar-refractivity contribution in [1.82, 2.24) is 0 Å². The molecule has 2 aromatic carbocycles. The first kappa shape index (κ1) is 36.5. The lowest BCUT2D eigenvalue weighted by Crippen LogP contribution is -2.22. The van der Waals surface area contributed by atoms with Gasteiger partial charge < -0.3 is 9.84 Å². The summed E-state index contributed by atoms with van der Waals surface area (Å²) in [7, 11) is 0. The third-order valence-corrected chi connectivity index (χ3v) is 9.77. The van der Waals surface area contributed by atoms with Crippen LogP contribution in [0.3, 0.4) is 0 Å². The topological polar surface area (TPSA) is 46.5 Å². The normalized spacial score (nSPS) is 12.4. The van der Waals surface area contributed by atoms with Crippen molar-refractivity contribution in [1.29, 1.82) is 0 Å². The van der Waals surface area contributed by atoms with E-state index in [-0.39, 0.29) is 21.7 Å². The largest absolute Gasteiger partial charge is 0.507 e. The maximum Gasteiger partial charge on any atom is 0.335 e. The summed E-state index contributed by atoms with van der Waals surface area (Å²) in [5, 5.41) is 10.5. The van der Waals surface area contributed by atoms with Crippen molar-refractivity contribution in [3.63, 3.8) is 0 Å². The van der Waals surface area contributed by atoms with E-state index in [1.807, 2.05) is 6.92 Å². The molecular weight excluding hydrogens is 504 g/mol. The van der Waals surface area contributed by atoms with Crippen molar-refractivity contribution < 1.29 is 14.6 Å². The number of aromatic hydroxyl groups is 1. The van der Waals surface area contributed by atoms with Crippen LogP contribution in [-0.2, 0) is 32.9 Å². The number of benzene rings is 2. The van der Waals surface area contributed by atoms with E-state index in [1.54, 1.807) is 0 Å². The van der Waals surface area contributed by atoms with Crippen LogP contribution >= 0.6 is 0 Å². The van der Waals surface area contributed by atoms with Gasteiger partial charge in [-0.15, -0.1) is 0 Å². The van der Waals surface area contributed by atoms with Gasteiger partial charge in [-0.25, -0.2) is 4.79 Å². The highest BCUT2D eigenvalue weighted by molar-refractivity contribution is 5.84. The van der Waals surface area contributed by atoms with Gasteiger partial charge in [-0.2, -0.15) is 0 Å². The molecule has 0 atom stereocenters. The van der Waals surface area contributed by atoms with Gasteiger partial charge in [0.1, 0.15) is 11.5 Å². The van der Waals surface area contributed by atoms with Crippen molar-refractivity contribution in [3.05, 3.63) is 70.3 Å². The van der Waals surface area contributed by atoms with Gasteiger partial charge in [0, 0.05) is 17.2 Å². The molecular formula is C38H60O3. The first-order valence-corrected chi connectivity index (χ1v) is 15.6. The minimum atomic E-state index is -0.404. The molecule has 0 aliphatic carbocycles. The van der Waals surface area contributed by atoms with E-state index in [4.69, 9.17) is 4.74 Å². The average Bonchev–Trinajstić information content (AvgIpc) is 2.93. The molecule has 230 valence electrons. The summed E-state index contributed by atoms with van der Waals surface area (Å²) in [6.45, 7) is 34.2. The number of phenolic OH excluding ortho intramolecular Hbond substituents is 1. The molecule has 0 bridgehead atoms. The molecule has 3 nitrogen and oxygen atoms in total. The first-order valence-electron chi connectivity index (χ1n) is 15.6. The molecule has 0 aliphatic heterocycles. The Bertz CT molecular complexity index is 1190. The maximum absolute atomic E-state index is 11.7. The maximum atomic E-state index is 11.7. The van der Waals surface area contributed by atoms with Gasteiger partial charge in [0.25, 0.3) is 0 Å². The quantitative estimate of drug-likeness (QED) is 0.168. The number of phenols is 1. The minimum absolute atomic E-state index is 0.0217. The summed E-state index contributed by atoms with van der Waals surface area (Å²) < 4.78 is 5.56. The number of carbonyl (C=O) groups is 1. The molecule has 0 heterocycles. The van der Waals surface area contributed by atoms with E-state index >= 15 is 0 Å². The van der Waals surface area contributed by atoms with Gasteiger partial charge in [-0.3, -0.25) is 0 Å². The predicted molar refractivity (Wildman–Crippen MR) is 178 cm³/mol. The highest BCUT2D eigenvalue weighted by atomic mass is 16.5. The van der Waals surface area contributed by atoms with Crippen LogP contribution in [0.5, 0.6) is 11.5 Å². The molecule has 0 saturated carbocycles. The molecule has 1 N–H and O–H groups in total. The molecule has 0 radical (unpaired) electrons. The van der Waals surface area contributed by atoms with Crippen LogP contribution in [-0.4, -0.2) is 11.1 Å². The van der Waals surface area contributed by atoms with E-state index in [9.17, 15) is 9.90 Å². The number of aryl methyl sites for hydroxylation is 2. The van der Waals surface area contributed by atoms with Crippen LogP contribution in [0.25, 0.3) is 0 Å². The van der Waals surface area contributed by atoms with Gasteiger partial charge >= 0.3 is 5.97 Å². The SMILES string of the molecule is C=CC(=O)Oc1c(C)cc(C(C)(C)CC)cc1C(C)(C)CC.CCc1cc(C(C)(C)CC)cc(C(C)(C)CC)c1O. The zero-order valence-electron chi connectivity index (χ0n) is 28.9. The fourth-order valence-corrected chi connectivity index (χ4v) is 4.60. The molecule has 41 heavy (non-hydrogen) atoms. The number of hydrogen-bond acceptors (Lipinski definition) is 3. The summed E-state index contributed by atoms with van der Waals surface area (Å²) in [5.41, 5.74) is 7.16. The molecule has 0 spiro atoms. The molecule has 2 aromatic rings. The Balaban J connectivity index is 0.000000414. The second-order valence-electron chi connectivity index (χ2n) is 14.1. The smallest absolute Gasteiger partial charge is 0.335 e. The Kier molecular flexibility index (Phi) is 12.5. The summed E-state index contributed by atoms with van der Waals surface area (Å²) in [4.78, 5) is 11.7. The third kappa shape index (κ3) is 8.72. The number of esters is 1. The number of carbonyl (C=O) groups excluding carboxylic acids is 1. The summed E-state index contributed by atoms with van der Waals surface area (Å²) >= 11 is 0. The van der Waals surface area contributed by atoms with Crippen LogP contribution in [0.1, 0.15) is 149 Å². The van der Waals surface area contributed by atoms with Crippen molar-refractivity contribution in [2.75, 3.05) is 0 Å². The Morgan fingerprint density at radius 2 is 1.15 bits per heavy atom. The highest BCUT2D eigenvalue weighted by Gasteiger charge is 2.29. The van der Waals surface area contributed by atoms with Crippen LogP contribution in [0.2, 0.25) is 0 Å². The fraction of sp³-hybridized carbons (Fsp3) is 0.605. The predicted octanol–water partition coefficient (Wildman–Crippen LogP) is 10.8. The molecule has 0 fully saturated rings. The Morgan fingerprint density at radius 1 is 0.732 bits per heavy atom. The fourth-order valence-electron chi connectivity index (χ4n) is 4.60. The molecule has 2 rings (SSSR count). The zero-order chi connectivity index (χ0) is 32.0. The number of ether oxygens (including phenoxy) is 1. The van der Waals surface area contributed by atoms with E-state index in [0.29, 0.717) is 11.5 Å². The second kappa shape index (κ2) is 14.1. The highest BCUT2D eigenvalue weighted by Crippen LogP contribution is 2.42. The Hall–Kier alpha value is -2.55.